The number of rotatable bonds is 2. The normalized spacial score (nSPS) is 22.6. The van der Waals surface area contributed by atoms with E-state index in [1.807, 2.05) is 10.9 Å². The largest absolute Gasteiger partial charge is 0.357 e. The third-order valence-corrected chi connectivity index (χ3v) is 3.53. The highest BCUT2D eigenvalue weighted by molar-refractivity contribution is 9.10. The monoisotopic (exact) mass is 322 g/mol. The highest BCUT2D eigenvalue weighted by Gasteiger charge is 2.17. The van der Waals surface area contributed by atoms with Gasteiger partial charge in [0.25, 0.3) is 0 Å². The third kappa shape index (κ3) is 2.20. The molecule has 14 heavy (non-hydrogen) atoms. The average molecular weight is 324 g/mol. The molecule has 0 aromatic carbocycles. The first kappa shape index (κ1) is 10.6. The fraction of sp³-hybridized carbons (Fsp3) is 0.667. The van der Waals surface area contributed by atoms with Crippen LogP contribution in [0.25, 0.3) is 0 Å². The highest BCUT2D eigenvalue weighted by atomic mass is 79.9. The van der Waals surface area contributed by atoms with Crippen LogP contribution in [0.15, 0.2) is 10.7 Å². The van der Waals surface area contributed by atoms with Crippen LogP contribution in [0.5, 0.6) is 0 Å². The number of alkyl halides is 1. The molecule has 1 aromatic heterocycles. The minimum atomic E-state index is 0.132. The van der Waals surface area contributed by atoms with Crippen LogP contribution in [-0.4, -0.2) is 16.4 Å². The van der Waals surface area contributed by atoms with Gasteiger partial charge in [0.1, 0.15) is 6.23 Å². The lowest BCUT2D eigenvalue weighted by atomic mass is 10.2. The van der Waals surface area contributed by atoms with Gasteiger partial charge in [-0.2, -0.15) is 5.10 Å². The summed E-state index contributed by atoms with van der Waals surface area (Å²) < 4.78 is 8.60. The molecule has 1 atom stereocenters. The van der Waals surface area contributed by atoms with Gasteiger partial charge in [-0.3, -0.25) is 0 Å². The van der Waals surface area contributed by atoms with Crippen LogP contribution in [0.4, 0.5) is 0 Å². The van der Waals surface area contributed by atoms with E-state index < -0.39 is 0 Å². The fourth-order valence-electron chi connectivity index (χ4n) is 1.58. The van der Waals surface area contributed by atoms with Crippen LogP contribution < -0.4 is 0 Å². The van der Waals surface area contributed by atoms with Gasteiger partial charge >= 0.3 is 0 Å². The molecule has 0 bridgehead atoms. The summed E-state index contributed by atoms with van der Waals surface area (Å²) in [5.41, 5.74) is 1.03. The lowest BCUT2D eigenvalue weighted by molar-refractivity contribution is -0.0396. The van der Waals surface area contributed by atoms with Crippen molar-refractivity contribution in [1.29, 1.82) is 0 Å². The number of ether oxygens (including phenoxy) is 1. The van der Waals surface area contributed by atoms with Gasteiger partial charge in [0.15, 0.2) is 0 Å². The molecule has 78 valence electrons. The van der Waals surface area contributed by atoms with Crippen LogP contribution in [0.1, 0.15) is 31.2 Å². The van der Waals surface area contributed by atoms with Crippen molar-refractivity contribution in [2.24, 2.45) is 0 Å². The van der Waals surface area contributed by atoms with Gasteiger partial charge < -0.3 is 4.74 Å². The molecule has 2 heterocycles. The zero-order chi connectivity index (χ0) is 9.97. The van der Waals surface area contributed by atoms with Crippen molar-refractivity contribution in [2.45, 2.75) is 30.8 Å². The second-order valence-electron chi connectivity index (χ2n) is 3.36. The Morgan fingerprint density at radius 2 is 2.43 bits per heavy atom. The van der Waals surface area contributed by atoms with E-state index in [2.05, 4.69) is 37.0 Å². The molecule has 1 fully saturated rings. The van der Waals surface area contributed by atoms with Gasteiger partial charge in [0, 0.05) is 18.1 Å². The molecule has 1 aromatic rings. The van der Waals surface area contributed by atoms with Crippen LogP contribution in [-0.2, 0) is 10.1 Å². The van der Waals surface area contributed by atoms with Crippen LogP contribution >= 0.6 is 31.9 Å². The van der Waals surface area contributed by atoms with Gasteiger partial charge in [-0.05, 0) is 35.2 Å². The number of halogens is 2. The Kier molecular flexibility index (Phi) is 3.62. The zero-order valence-electron chi connectivity index (χ0n) is 7.75. The van der Waals surface area contributed by atoms with Crippen molar-refractivity contribution in [1.82, 2.24) is 9.78 Å². The lowest BCUT2D eigenvalue weighted by Gasteiger charge is -2.22. The van der Waals surface area contributed by atoms with E-state index in [0.29, 0.717) is 0 Å². The van der Waals surface area contributed by atoms with Crippen molar-refractivity contribution in [3.63, 3.8) is 0 Å². The molecular weight excluding hydrogens is 312 g/mol. The van der Waals surface area contributed by atoms with E-state index in [0.717, 1.165) is 28.5 Å². The molecule has 5 heteroatoms. The second kappa shape index (κ2) is 4.77. The predicted octanol–water partition coefficient (Wildman–Crippen LogP) is 3.24. The van der Waals surface area contributed by atoms with Crippen molar-refractivity contribution in [3.8, 4) is 0 Å². The molecule has 1 saturated heterocycles. The summed E-state index contributed by atoms with van der Waals surface area (Å²) in [6.07, 6.45) is 5.59. The van der Waals surface area contributed by atoms with Crippen LogP contribution in [0.2, 0.25) is 0 Å². The molecule has 0 N–H and O–H groups in total. The highest BCUT2D eigenvalue weighted by Crippen LogP contribution is 2.25. The fourth-order valence-corrected chi connectivity index (χ4v) is 2.80. The van der Waals surface area contributed by atoms with Crippen molar-refractivity contribution >= 4 is 31.9 Å². The Hall–Kier alpha value is 0.130. The summed E-state index contributed by atoms with van der Waals surface area (Å²) >= 11 is 6.87. The minimum absolute atomic E-state index is 0.132. The lowest BCUT2D eigenvalue weighted by Crippen LogP contribution is -2.18. The molecule has 2 rings (SSSR count). The van der Waals surface area contributed by atoms with E-state index in [1.54, 1.807) is 0 Å². The maximum atomic E-state index is 5.64. The van der Waals surface area contributed by atoms with Crippen molar-refractivity contribution in [3.05, 3.63) is 16.4 Å². The molecule has 1 aliphatic heterocycles. The van der Waals surface area contributed by atoms with E-state index in [-0.39, 0.29) is 6.23 Å². The quantitative estimate of drug-likeness (QED) is 0.781. The molecule has 0 radical (unpaired) electrons. The van der Waals surface area contributed by atoms with Crippen molar-refractivity contribution in [2.75, 3.05) is 6.61 Å². The molecule has 1 aliphatic rings. The second-order valence-corrected chi connectivity index (χ2v) is 4.77. The smallest absolute Gasteiger partial charge is 0.150 e. The number of nitrogens with zero attached hydrogens (tertiary/aromatic N) is 2. The maximum Gasteiger partial charge on any atom is 0.150 e. The molecule has 0 amide bonds. The Balaban J connectivity index is 2.14. The molecule has 0 spiro atoms. The Morgan fingerprint density at radius 1 is 1.57 bits per heavy atom. The topological polar surface area (TPSA) is 27.1 Å². The molecule has 0 saturated carbocycles. The zero-order valence-corrected chi connectivity index (χ0v) is 10.9. The summed E-state index contributed by atoms with van der Waals surface area (Å²) in [6, 6.07) is 0. The van der Waals surface area contributed by atoms with E-state index >= 15 is 0 Å². The maximum absolute atomic E-state index is 5.64. The van der Waals surface area contributed by atoms with Crippen LogP contribution in [0.3, 0.4) is 0 Å². The van der Waals surface area contributed by atoms with E-state index in [9.17, 15) is 0 Å². The number of hydrogen-bond donors (Lipinski definition) is 0. The summed E-state index contributed by atoms with van der Waals surface area (Å²) in [7, 11) is 0. The molecular formula is C9H12Br2N2O. The number of aromatic nitrogens is 2. The predicted molar refractivity (Wildman–Crippen MR) is 61.4 cm³/mol. The summed E-state index contributed by atoms with van der Waals surface area (Å²) in [4.78, 5) is 0. The molecule has 3 nitrogen and oxygen atoms in total. The Bertz CT molecular complexity index is 308. The van der Waals surface area contributed by atoms with Gasteiger partial charge in [0.05, 0.1) is 10.2 Å². The molecule has 1 unspecified atom stereocenters. The Labute approximate surface area is 100 Å². The Morgan fingerprint density at radius 3 is 3.00 bits per heavy atom. The molecule has 0 aliphatic carbocycles. The first-order valence-corrected chi connectivity index (χ1v) is 6.64. The van der Waals surface area contributed by atoms with E-state index in [1.165, 1.54) is 12.8 Å². The summed E-state index contributed by atoms with van der Waals surface area (Å²) in [5.74, 6) is 0. The minimum Gasteiger partial charge on any atom is -0.357 e. The van der Waals surface area contributed by atoms with Crippen molar-refractivity contribution < 1.29 is 4.74 Å². The van der Waals surface area contributed by atoms with Gasteiger partial charge in [-0.25, -0.2) is 4.68 Å². The van der Waals surface area contributed by atoms with E-state index in [4.69, 9.17) is 4.74 Å². The SMILES string of the molecule is BrCc1nn(C2CCCCO2)cc1Br. The van der Waals surface area contributed by atoms with Crippen LogP contribution in [0, 0.1) is 0 Å². The first-order chi connectivity index (χ1) is 6.81. The standard InChI is InChI=1S/C9H12Br2N2O/c10-5-8-7(11)6-13(12-8)9-3-1-2-4-14-9/h6,9H,1-5H2. The number of hydrogen-bond acceptors (Lipinski definition) is 2. The van der Waals surface area contributed by atoms with Gasteiger partial charge in [-0.1, -0.05) is 15.9 Å². The first-order valence-electron chi connectivity index (χ1n) is 4.72. The average Bonchev–Trinajstić information content (AvgIpc) is 2.61. The third-order valence-electron chi connectivity index (χ3n) is 2.33. The van der Waals surface area contributed by atoms with Gasteiger partial charge in [-0.15, -0.1) is 0 Å². The summed E-state index contributed by atoms with van der Waals surface area (Å²) in [5, 5.41) is 5.22. The summed E-state index contributed by atoms with van der Waals surface area (Å²) in [6.45, 7) is 0.853. The van der Waals surface area contributed by atoms with Gasteiger partial charge in [0.2, 0.25) is 0 Å².